The van der Waals surface area contributed by atoms with Crippen molar-refractivity contribution in [2.45, 2.75) is 17.9 Å². The molecule has 2 amide bonds. The van der Waals surface area contributed by atoms with Crippen molar-refractivity contribution in [1.82, 2.24) is 10.2 Å². The van der Waals surface area contributed by atoms with E-state index in [4.69, 9.17) is 14.2 Å². The Labute approximate surface area is 185 Å². The van der Waals surface area contributed by atoms with Gasteiger partial charge in [-0.2, -0.15) is 13.2 Å². The van der Waals surface area contributed by atoms with Gasteiger partial charge in [0.25, 0.3) is 5.72 Å². The molecule has 3 atom stereocenters. The lowest BCUT2D eigenvalue weighted by atomic mass is 9.77. The molecular weight excluding hydrogens is 453 g/mol. The Balaban J connectivity index is 2.27. The van der Waals surface area contributed by atoms with Crippen LogP contribution in [0.25, 0.3) is 0 Å². The molecule has 0 saturated carbocycles. The molecule has 0 bridgehead atoms. The minimum atomic E-state index is -5.34. The molecule has 1 aromatic carbocycles. The van der Waals surface area contributed by atoms with Crippen molar-refractivity contribution in [1.29, 1.82) is 0 Å². The van der Waals surface area contributed by atoms with Crippen LogP contribution < -0.4 is 19.5 Å². The number of benzene rings is 1. The Morgan fingerprint density at radius 2 is 1.78 bits per heavy atom. The van der Waals surface area contributed by atoms with E-state index >= 15 is 0 Å². The maximum Gasteiger partial charge on any atom is 0.437 e. The van der Waals surface area contributed by atoms with Gasteiger partial charge in [0.1, 0.15) is 5.92 Å². The predicted molar refractivity (Wildman–Crippen MR) is 108 cm³/mol. The van der Waals surface area contributed by atoms with Crippen molar-refractivity contribution in [3.05, 3.63) is 40.1 Å². The maximum absolute atomic E-state index is 14.2. The standard InChI is InChI=1S/C20H21F3N2O6S/c1-25-18(27)24-15(10-8-11(29-2)17(31-4)12(9-10)30-3)14(19(25,28)20(21,22)23)16(26)13-6-5-7-32-13/h5-9,14-15,28H,1-4H3,(H,24,27)/t14-,15+,19-/m1/s1. The molecule has 1 aliphatic heterocycles. The van der Waals surface area contributed by atoms with Gasteiger partial charge in [-0.1, -0.05) is 6.07 Å². The average molecular weight is 474 g/mol. The Morgan fingerprint density at radius 1 is 1.19 bits per heavy atom. The number of carbonyl (C=O) groups is 2. The van der Waals surface area contributed by atoms with Crippen molar-refractivity contribution in [3.8, 4) is 17.2 Å². The molecule has 1 aromatic heterocycles. The normalized spacial score (nSPS) is 23.5. The summed E-state index contributed by atoms with van der Waals surface area (Å²) in [6, 6.07) is 2.73. The van der Waals surface area contributed by atoms with Crippen molar-refractivity contribution in [3.63, 3.8) is 0 Å². The van der Waals surface area contributed by atoms with E-state index in [1.165, 1.54) is 51.0 Å². The van der Waals surface area contributed by atoms with Crippen LogP contribution in [0.15, 0.2) is 29.6 Å². The van der Waals surface area contributed by atoms with Crippen LogP contribution in [-0.2, 0) is 0 Å². The molecule has 12 heteroatoms. The number of rotatable bonds is 6. The fourth-order valence-electron chi connectivity index (χ4n) is 3.74. The van der Waals surface area contributed by atoms with Crippen molar-refractivity contribution < 1.29 is 42.1 Å². The SMILES string of the molecule is COc1cc([C@@H]2NC(=O)N(C)[C@](O)(C(F)(F)F)[C@H]2C(=O)c2cccs2)cc(OC)c1OC. The largest absolute Gasteiger partial charge is 0.493 e. The van der Waals surface area contributed by atoms with Crippen LogP contribution in [-0.4, -0.2) is 62.1 Å². The first-order valence-electron chi connectivity index (χ1n) is 9.22. The van der Waals surface area contributed by atoms with Gasteiger partial charge in [-0.25, -0.2) is 4.79 Å². The highest BCUT2D eigenvalue weighted by Crippen LogP contribution is 2.49. The Hall–Kier alpha value is -2.99. The van der Waals surface area contributed by atoms with Crippen LogP contribution in [0.2, 0.25) is 0 Å². The summed E-state index contributed by atoms with van der Waals surface area (Å²) in [6.45, 7) is 0. The Bertz CT molecular complexity index is 988. The van der Waals surface area contributed by atoms with Crippen LogP contribution in [0.5, 0.6) is 17.2 Å². The minimum absolute atomic E-state index is 0.000310. The van der Waals surface area contributed by atoms with E-state index in [9.17, 15) is 27.9 Å². The number of hydrogen-bond acceptors (Lipinski definition) is 7. The molecule has 174 valence electrons. The summed E-state index contributed by atoms with van der Waals surface area (Å²) < 4.78 is 58.4. The van der Waals surface area contributed by atoms with E-state index in [-0.39, 0.29) is 32.6 Å². The summed E-state index contributed by atoms with van der Waals surface area (Å²) in [5.41, 5.74) is -3.72. The number of thiophene rings is 1. The third-order valence-electron chi connectivity index (χ3n) is 5.37. The van der Waals surface area contributed by atoms with Gasteiger partial charge >= 0.3 is 12.2 Å². The number of ketones is 1. The van der Waals surface area contributed by atoms with Crippen LogP contribution >= 0.6 is 11.3 Å². The molecule has 8 nitrogen and oxygen atoms in total. The molecule has 0 unspecified atom stereocenters. The number of urea groups is 1. The van der Waals surface area contributed by atoms with Crippen LogP contribution in [0.1, 0.15) is 21.3 Å². The number of methoxy groups -OCH3 is 3. The van der Waals surface area contributed by atoms with E-state index in [2.05, 4.69) is 5.32 Å². The van der Waals surface area contributed by atoms with Gasteiger partial charge in [-0.15, -0.1) is 11.3 Å². The van der Waals surface area contributed by atoms with Gasteiger partial charge in [0, 0.05) is 7.05 Å². The van der Waals surface area contributed by atoms with Crippen molar-refractivity contribution >= 4 is 23.2 Å². The predicted octanol–water partition coefficient (Wildman–Crippen LogP) is 3.22. The van der Waals surface area contributed by atoms with Crippen LogP contribution in [0.4, 0.5) is 18.0 Å². The fraction of sp³-hybridized carbons (Fsp3) is 0.400. The summed E-state index contributed by atoms with van der Waals surface area (Å²) in [4.78, 5) is 25.9. The lowest BCUT2D eigenvalue weighted by Crippen LogP contribution is -2.72. The first kappa shape index (κ1) is 23.7. The van der Waals surface area contributed by atoms with Gasteiger partial charge in [-0.05, 0) is 29.1 Å². The first-order chi connectivity index (χ1) is 15.0. The zero-order chi connectivity index (χ0) is 23.8. The van der Waals surface area contributed by atoms with Gasteiger partial charge < -0.3 is 24.6 Å². The monoisotopic (exact) mass is 474 g/mol. The van der Waals surface area contributed by atoms with Crippen LogP contribution in [0.3, 0.4) is 0 Å². The number of carbonyl (C=O) groups excluding carboxylic acids is 2. The molecule has 0 spiro atoms. The number of alkyl halides is 3. The van der Waals surface area contributed by atoms with Gasteiger partial charge in [0.05, 0.1) is 32.2 Å². The number of halogens is 3. The highest BCUT2D eigenvalue weighted by Gasteiger charge is 2.69. The second-order valence-electron chi connectivity index (χ2n) is 6.99. The van der Waals surface area contributed by atoms with E-state index < -0.39 is 35.7 Å². The summed E-state index contributed by atoms with van der Waals surface area (Å²) in [6.07, 6.45) is -5.34. The molecule has 1 fully saturated rings. The summed E-state index contributed by atoms with van der Waals surface area (Å²) in [7, 11) is 4.76. The minimum Gasteiger partial charge on any atom is -0.493 e. The Morgan fingerprint density at radius 3 is 2.22 bits per heavy atom. The number of ether oxygens (including phenoxy) is 3. The number of nitrogens with zero attached hydrogens (tertiary/aromatic N) is 1. The smallest absolute Gasteiger partial charge is 0.437 e. The zero-order valence-corrected chi connectivity index (χ0v) is 18.3. The summed E-state index contributed by atoms with van der Waals surface area (Å²) in [5, 5.41) is 14.8. The lowest BCUT2D eigenvalue weighted by Gasteiger charge is -2.49. The number of Topliss-reactive ketones (excluding diaryl/α,β-unsaturated/α-hetero) is 1. The first-order valence-corrected chi connectivity index (χ1v) is 10.1. The number of aliphatic hydroxyl groups is 1. The van der Waals surface area contributed by atoms with Gasteiger partial charge in [-0.3, -0.25) is 9.69 Å². The van der Waals surface area contributed by atoms with Gasteiger partial charge in [0.15, 0.2) is 17.3 Å². The summed E-state index contributed by atoms with van der Waals surface area (Å²) >= 11 is 0.928. The molecular formula is C20H21F3N2O6S. The van der Waals surface area contributed by atoms with Crippen molar-refractivity contribution in [2.24, 2.45) is 5.92 Å². The molecule has 0 radical (unpaired) electrons. The van der Waals surface area contributed by atoms with Gasteiger partial charge in [0.2, 0.25) is 5.75 Å². The third kappa shape index (κ3) is 3.62. The molecule has 3 rings (SSSR count). The molecule has 2 N–H and O–H groups in total. The van der Waals surface area contributed by atoms with Crippen molar-refractivity contribution in [2.75, 3.05) is 28.4 Å². The van der Waals surface area contributed by atoms with E-state index in [0.29, 0.717) is 0 Å². The highest BCUT2D eigenvalue weighted by atomic mass is 32.1. The second-order valence-corrected chi connectivity index (χ2v) is 7.94. The van der Waals surface area contributed by atoms with E-state index in [0.717, 1.165) is 18.4 Å². The molecule has 2 heterocycles. The Kier molecular flexibility index (Phi) is 6.29. The lowest BCUT2D eigenvalue weighted by molar-refractivity contribution is -0.322. The fourth-order valence-corrected chi connectivity index (χ4v) is 4.44. The van der Waals surface area contributed by atoms with Crippen LogP contribution in [0, 0.1) is 5.92 Å². The zero-order valence-electron chi connectivity index (χ0n) is 17.5. The molecule has 2 aromatic rings. The molecule has 1 saturated heterocycles. The highest BCUT2D eigenvalue weighted by molar-refractivity contribution is 7.12. The molecule has 0 aliphatic carbocycles. The average Bonchev–Trinajstić information content (AvgIpc) is 3.29. The topological polar surface area (TPSA) is 97.3 Å². The molecule has 32 heavy (non-hydrogen) atoms. The quantitative estimate of drug-likeness (QED) is 0.624. The number of hydrogen-bond donors (Lipinski definition) is 2. The second kappa shape index (κ2) is 8.51. The number of nitrogens with one attached hydrogen (secondary N) is 1. The number of amides is 2. The third-order valence-corrected chi connectivity index (χ3v) is 6.26. The molecule has 1 aliphatic rings. The van der Waals surface area contributed by atoms with E-state index in [1.807, 2.05) is 0 Å². The van der Waals surface area contributed by atoms with E-state index in [1.54, 1.807) is 0 Å². The maximum atomic E-state index is 14.2. The summed E-state index contributed by atoms with van der Waals surface area (Å²) in [5.74, 6) is -2.73.